The van der Waals surface area contributed by atoms with E-state index >= 15 is 0 Å². The van der Waals surface area contributed by atoms with Gasteiger partial charge in [0.1, 0.15) is 5.54 Å². The number of esters is 1. The second-order valence-electron chi connectivity index (χ2n) is 4.85. The van der Waals surface area contributed by atoms with Gasteiger partial charge in [-0.15, -0.1) is 0 Å². The average Bonchev–Trinajstić information content (AvgIpc) is 2.36. The minimum Gasteiger partial charge on any atom is -0.468 e. The minimum absolute atomic E-state index is 0.221. The maximum Gasteiger partial charge on any atom is 0.325 e. The van der Waals surface area contributed by atoms with E-state index in [9.17, 15) is 4.79 Å². The molecule has 1 aromatic carbocycles. The molecule has 0 spiro atoms. The fourth-order valence-corrected chi connectivity index (χ4v) is 1.76. The molecule has 0 aliphatic rings. The van der Waals surface area contributed by atoms with Gasteiger partial charge in [0.05, 0.1) is 7.11 Å². The predicted octanol–water partition coefficient (Wildman–Crippen LogP) is 2.77. The van der Waals surface area contributed by atoms with Crippen molar-refractivity contribution in [2.75, 3.05) is 20.7 Å². The van der Waals surface area contributed by atoms with E-state index in [1.807, 2.05) is 50.1 Å². The van der Waals surface area contributed by atoms with Crippen LogP contribution in [-0.2, 0) is 16.0 Å². The number of carbonyl (C=O) groups is 1. The van der Waals surface area contributed by atoms with Crippen LogP contribution in [-0.4, -0.2) is 37.1 Å². The number of halogens is 1. The first kappa shape index (κ1) is 15.0. The van der Waals surface area contributed by atoms with Gasteiger partial charge in [-0.3, -0.25) is 9.69 Å². The van der Waals surface area contributed by atoms with E-state index in [4.69, 9.17) is 16.3 Å². The van der Waals surface area contributed by atoms with Gasteiger partial charge in [0.15, 0.2) is 0 Å². The molecule has 100 valence electrons. The number of rotatable bonds is 5. The van der Waals surface area contributed by atoms with Crippen molar-refractivity contribution in [3.8, 4) is 0 Å². The Morgan fingerprint density at radius 3 is 2.39 bits per heavy atom. The second kappa shape index (κ2) is 6.21. The summed E-state index contributed by atoms with van der Waals surface area (Å²) >= 11 is 5.84. The first-order valence-electron chi connectivity index (χ1n) is 5.92. The number of ether oxygens (including phenoxy) is 1. The molecule has 0 amide bonds. The molecule has 18 heavy (non-hydrogen) atoms. The first-order chi connectivity index (χ1) is 8.37. The number of hydrogen-bond donors (Lipinski definition) is 0. The van der Waals surface area contributed by atoms with Crippen molar-refractivity contribution < 1.29 is 9.53 Å². The fourth-order valence-electron chi connectivity index (χ4n) is 1.63. The second-order valence-corrected chi connectivity index (χ2v) is 5.29. The van der Waals surface area contributed by atoms with Crippen molar-refractivity contribution in [2.24, 2.45) is 0 Å². The zero-order valence-corrected chi connectivity index (χ0v) is 12.1. The van der Waals surface area contributed by atoms with Gasteiger partial charge in [-0.2, -0.15) is 0 Å². The van der Waals surface area contributed by atoms with E-state index < -0.39 is 5.54 Å². The number of hydrogen-bond acceptors (Lipinski definition) is 3. The Balaban J connectivity index is 2.58. The van der Waals surface area contributed by atoms with Crippen molar-refractivity contribution in [3.63, 3.8) is 0 Å². The lowest BCUT2D eigenvalue weighted by atomic mass is 10.0. The van der Waals surface area contributed by atoms with Gasteiger partial charge in [0, 0.05) is 11.6 Å². The summed E-state index contributed by atoms with van der Waals surface area (Å²) in [7, 11) is 3.34. The number of methoxy groups -OCH3 is 1. The molecule has 0 fully saturated rings. The van der Waals surface area contributed by atoms with E-state index in [0.29, 0.717) is 0 Å². The van der Waals surface area contributed by atoms with Crippen LogP contribution in [0.2, 0.25) is 5.02 Å². The number of benzene rings is 1. The minimum atomic E-state index is -0.610. The quantitative estimate of drug-likeness (QED) is 0.770. The van der Waals surface area contributed by atoms with Crippen LogP contribution in [0.25, 0.3) is 0 Å². The SMILES string of the molecule is COC(=O)C(C)(C)N(C)CCc1ccc(Cl)cc1. The zero-order valence-electron chi connectivity index (χ0n) is 11.4. The highest BCUT2D eigenvalue weighted by molar-refractivity contribution is 6.30. The largest absolute Gasteiger partial charge is 0.468 e. The number of carbonyl (C=O) groups excluding carboxylic acids is 1. The molecule has 0 bridgehead atoms. The molecule has 0 saturated carbocycles. The summed E-state index contributed by atoms with van der Waals surface area (Å²) in [5.41, 5.74) is 0.591. The summed E-state index contributed by atoms with van der Waals surface area (Å²) in [4.78, 5) is 13.6. The molecule has 0 N–H and O–H groups in total. The van der Waals surface area contributed by atoms with Crippen LogP contribution < -0.4 is 0 Å². The van der Waals surface area contributed by atoms with Crippen molar-refractivity contribution in [2.45, 2.75) is 25.8 Å². The van der Waals surface area contributed by atoms with Crippen LogP contribution in [0.4, 0.5) is 0 Å². The van der Waals surface area contributed by atoms with Crippen molar-refractivity contribution >= 4 is 17.6 Å². The van der Waals surface area contributed by atoms with Gasteiger partial charge in [0.2, 0.25) is 0 Å². The maximum atomic E-state index is 11.6. The van der Waals surface area contributed by atoms with Gasteiger partial charge in [-0.1, -0.05) is 23.7 Å². The van der Waals surface area contributed by atoms with Crippen LogP contribution in [0.1, 0.15) is 19.4 Å². The standard InChI is InChI=1S/C14H20ClNO2/c1-14(2,13(17)18-4)16(3)10-9-11-5-7-12(15)8-6-11/h5-8H,9-10H2,1-4H3. The highest BCUT2D eigenvalue weighted by Gasteiger charge is 2.32. The molecule has 0 atom stereocenters. The Kier molecular flexibility index (Phi) is 5.17. The molecule has 0 saturated heterocycles. The summed E-state index contributed by atoms with van der Waals surface area (Å²) in [5, 5.41) is 0.738. The number of likely N-dealkylation sites (N-methyl/N-ethyl adjacent to an activating group) is 1. The summed E-state index contributed by atoms with van der Waals surface area (Å²) in [5.74, 6) is -0.221. The van der Waals surface area contributed by atoms with Gasteiger partial charge in [-0.25, -0.2) is 0 Å². The zero-order chi connectivity index (χ0) is 13.8. The Bertz CT molecular complexity index is 401. The smallest absolute Gasteiger partial charge is 0.325 e. The summed E-state index contributed by atoms with van der Waals surface area (Å²) in [6.45, 7) is 4.51. The first-order valence-corrected chi connectivity index (χ1v) is 6.30. The molecule has 0 aromatic heterocycles. The van der Waals surface area contributed by atoms with Crippen LogP contribution in [0.15, 0.2) is 24.3 Å². The lowest BCUT2D eigenvalue weighted by molar-refractivity contribution is -0.152. The van der Waals surface area contributed by atoms with E-state index in [1.54, 1.807) is 0 Å². The van der Waals surface area contributed by atoms with Gasteiger partial charge in [-0.05, 0) is 45.0 Å². The summed E-state index contributed by atoms with van der Waals surface area (Å²) in [6, 6.07) is 7.76. The molecule has 0 heterocycles. The summed E-state index contributed by atoms with van der Waals surface area (Å²) in [6.07, 6.45) is 0.869. The predicted molar refractivity (Wildman–Crippen MR) is 73.9 cm³/mol. The topological polar surface area (TPSA) is 29.5 Å². The molecule has 0 aliphatic heterocycles. The third-order valence-corrected chi connectivity index (χ3v) is 3.54. The average molecular weight is 270 g/mol. The molecule has 0 aliphatic carbocycles. The summed E-state index contributed by atoms with van der Waals surface area (Å²) < 4.78 is 4.81. The molecular formula is C14H20ClNO2. The Labute approximate surface area is 114 Å². The van der Waals surface area contributed by atoms with Crippen molar-refractivity contribution in [1.29, 1.82) is 0 Å². The lowest BCUT2D eigenvalue weighted by Crippen LogP contribution is -2.49. The highest BCUT2D eigenvalue weighted by atomic mass is 35.5. The molecule has 1 aromatic rings. The van der Waals surface area contributed by atoms with Crippen molar-refractivity contribution in [1.82, 2.24) is 4.90 Å². The molecular weight excluding hydrogens is 250 g/mol. The van der Waals surface area contributed by atoms with E-state index in [0.717, 1.165) is 18.0 Å². The molecule has 4 heteroatoms. The van der Waals surface area contributed by atoms with Crippen LogP contribution in [0.5, 0.6) is 0 Å². The fraction of sp³-hybridized carbons (Fsp3) is 0.500. The molecule has 0 unspecified atom stereocenters. The van der Waals surface area contributed by atoms with E-state index in [-0.39, 0.29) is 5.97 Å². The third-order valence-electron chi connectivity index (χ3n) is 3.29. The van der Waals surface area contributed by atoms with E-state index in [2.05, 4.69) is 0 Å². The Morgan fingerprint density at radius 2 is 1.89 bits per heavy atom. The van der Waals surface area contributed by atoms with Crippen LogP contribution in [0.3, 0.4) is 0 Å². The van der Waals surface area contributed by atoms with Crippen LogP contribution >= 0.6 is 11.6 Å². The highest BCUT2D eigenvalue weighted by Crippen LogP contribution is 2.16. The Morgan fingerprint density at radius 1 is 1.33 bits per heavy atom. The van der Waals surface area contributed by atoms with Gasteiger partial charge in [0.25, 0.3) is 0 Å². The van der Waals surface area contributed by atoms with Gasteiger partial charge < -0.3 is 4.74 Å². The van der Waals surface area contributed by atoms with Crippen molar-refractivity contribution in [3.05, 3.63) is 34.9 Å². The van der Waals surface area contributed by atoms with E-state index in [1.165, 1.54) is 12.7 Å². The lowest BCUT2D eigenvalue weighted by Gasteiger charge is -2.32. The maximum absolute atomic E-state index is 11.6. The molecule has 0 radical (unpaired) electrons. The third kappa shape index (κ3) is 3.72. The normalized spacial score (nSPS) is 11.7. The van der Waals surface area contributed by atoms with Gasteiger partial charge >= 0.3 is 5.97 Å². The molecule has 3 nitrogen and oxygen atoms in total. The Hall–Kier alpha value is -1.06. The monoisotopic (exact) mass is 269 g/mol. The van der Waals surface area contributed by atoms with Crippen LogP contribution in [0, 0.1) is 0 Å². The number of nitrogens with zero attached hydrogens (tertiary/aromatic N) is 1. The molecule has 1 rings (SSSR count).